The fourth-order valence-electron chi connectivity index (χ4n) is 3.99. The van der Waals surface area contributed by atoms with E-state index >= 15 is 0 Å². The maximum Gasteiger partial charge on any atom is 0.291 e. The number of fused-ring (bicyclic) bond motifs is 4. The Hall–Kier alpha value is -2.65. The zero-order valence-corrected chi connectivity index (χ0v) is 15.4. The van der Waals surface area contributed by atoms with Crippen molar-refractivity contribution in [2.24, 2.45) is 14.1 Å². The Morgan fingerprint density at radius 2 is 1.64 bits per heavy atom. The summed E-state index contributed by atoms with van der Waals surface area (Å²) >= 11 is 1.90. The maximum absolute atomic E-state index is 2.32. The van der Waals surface area contributed by atoms with Crippen LogP contribution in [-0.4, -0.2) is 4.57 Å². The predicted molar refractivity (Wildman–Crippen MR) is 107 cm³/mol. The highest BCUT2D eigenvalue weighted by Gasteiger charge is 2.25. The van der Waals surface area contributed by atoms with Crippen molar-refractivity contribution in [3.05, 3.63) is 66.2 Å². The van der Waals surface area contributed by atoms with Gasteiger partial charge in [-0.15, -0.1) is 11.3 Å². The first-order valence-electron chi connectivity index (χ1n) is 8.51. The van der Waals surface area contributed by atoms with Crippen molar-refractivity contribution in [2.45, 2.75) is 6.92 Å². The first kappa shape index (κ1) is 14.7. The van der Waals surface area contributed by atoms with Crippen LogP contribution in [0, 0.1) is 6.92 Å². The molecule has 0 saturated carbocycles. The van der Waals surface area contributed by atoms with Crippen molar-refractivity contribution in [3.63, 3.8) is 0 Å². The quantitative estimate of drug-likeness (QED) is 0.363. The number of aryl methyl sites for hydroxylation is 3. The van der Waals surface area contributed by atoms with Gasteiger partial charge in [0.2, 0.25) is 0 Å². The standard InChI is InChI=1S/C22H19N2S/c1-14-12-13-16-15-8-4-7-11-19(15)25-21(16)20(14)22-23(2)17-9-5-6-10-18(17)24(22)3/h4-13H,1-3H3/q+1. The summed E-state index contributed by atoms with van der Waals surface area (Å²) in [6, 6.07) is 21.8. The number of nitrogens with zero attached hydrogens (tertiary/aromatic N) is 2. The van der Waals surface area contributed by atoms with E-state index in [1.807, 2.05) is 11.3 Å². The fourth-order valence-corrected chi connectivity index (χ4v) is 5.28. The van der Waals surface area contributed by atoms with Gasteiger partial charge in [-0.1, -0.05) is 42.5 Å². The molecule has 2 nitrogen and oxygen atoms in total. The SMILES string of the molecule is Cc1ccc2c(sc3ccccc32)c1-c1n(C)c2ccccc2[n+]1C. The second-order valence-electron chi connectivity index (χ2n) is 6.66. The van der Waals surface area contributed by atoms with E-state index in [1.165, 1.54) is 48.2 Å². The van der Waals surface area contributed by atoms with Crippen molar-refractivity contribution in [2.75, 3.05) is 0 Å². The predicted octanol–water partition coefficient (Wildman–Crippen LogP) is 5.35. The third-order valence-corrected chi connectivity index (χ3v) is 6.42. The molecule has 0 aliphatic heterocycles. The zero-order chi connectivity index (χ0) is 17.1. The zero-order valence-electron chi connectivity index (χ0n) is 14.6. The molecule has 3 aromatic carbocycles. The van der Waals surface area contributed by atoms with Gasteiger partial charge in [0, 0.05) is 15.5 Å². The molecule has 122 valence electrons. The van der Waals surface area contributed by atoms with Crippen LogP contribution in [0.5, 0.6) is 0 Å². The molecule has 2 aromatic heterocycles. The lowest BCUT2D eigenvalue weighted by atomic mass is 10.0. The second kappa shape index (κ2) is 5.17. The normalized spacial score (nSPS) is 11.8. The van der Waals surface area contributed by atoms with Gasteiger partial charge in [0.25, 0.3) is 5.82 Å². The molecule has 0 aliphatic rings. The van der Waals surface area contributed by atoms with Crippen LogP contribution >= 0.6 is 11.3 Å². The Bertz CT molecular complexity index is 1230. The lowest BCUT2D eigenvalue weighted by Crippen LogP contribution is -2.30. The van der Waals surface area contributed by atoms with Crippen LogP contribution in [0.1, 0.15) is 5.56 Å². The minimum atomic E-state index is 1.26. The van der Waals surface area contributed by atoms with Crippen LogP contribution < -0.4 is 4.57 Å². The van der Waals surface area contributed by atoms with Crippen LogP contribution in [0.3, 0.4) is 0 Å². The van der Waals surface area contributed by atoms with Crippen LogP contribution in [0.4, 0.5) is 0 Å². The third kappa shape index (κ3) is 1.93. The van der Waals surface area contributed by atoms with E-state index in [-0.39, 0.29) is 0 Å². The molecule has 0 radical (unpaired) electrons. The van der Waals surface area contributed by atoms with Gasteiger partial charge in [-0.3, -0.25) is 0 Å². The lowest BCUT2D eigenvalue weighted by molar-refractivity contribution is -0.634. The number of thiophene rings is 1. The van der Waals surface area contributed by atoms with Crippen molar-refractivity contribution in [1.29, 1.82) is 0 Å². The van der Waals surface area contributed by atoms with E-state index in [9.17, 15) is 0 Å². The van der Waals surface area contributed by atoms with Crippen molar-refractivity contribution in [1.82, 2.24) is 4.57 Å². The molecule has 0 spiro atoms. The molecule has 0 atom stereocenters. The van der Waals surface area contributed by atoms with Gasteiger partial charge < -0.3 is 0 Å². The van der Waals surface area contributed by atoms with Gasteiger partial charge in [-0.2, -0.15) is 0 Å². The number of aromatic nitrogens is 2. The summed E-state index contributed by atoms with van der Waals surface area (Å²) in [5.41, 5.74) is 5.19. The summed E-state index contributed by atoms with van der Waals surface area (Å²) < 4.78 is 7.37. The average Bonchev–Trinajstić information content (AvgIpc) is 3.12. The van der Waals surface area contributed by atoms with E-state index < -0.39 is 0 Å². The molecule has 0 aliphatic carbocycles. The molecule has 0 unspecified atom stereocenters. The number of imidazole rings is 1. The Kier molecular flexibility index (Phi) is 3.03. The largest absolute Gasteiger partial charge is 0.291 e. The smallest absolute Gasteiger partial charge is 0.226 e. The molecule has 5 aromatic rings. The third-order valence-electron chi connectivity index (χ3n) is 5.22. The maximum atomic E-state index is 2.32. The summed E-state index contributed by atoms with van der Waals surface area (Å²) in [4.78, 5) is 0. The summed E-state index contributed by atoms with van der Waals surface area (Å²) in [7, 11) is 4.34. The van der Waals surface area contributed by atoms with Gasteiger partial charge in [0.05, 0.1) is 24.4 Å². The Labute approximate surface area is 150 Å². The molecular weight excluding hydrogens is 324 g/mol. The van der Waals surface area contributed by atoms with Gasteiger partial charge in [-0.05, 0) is 30.7 Å². The molecule has 25 heavy (non-hydrogen) atoms. The van der Waals surface area contributed by atoms with Crippen molar-refractivity contribution in [3.8, 4) is 11.4 Å². The number of para-hydroxylation sites is 2. The molecule has 2 heterocycles. The molecule has 3 heteroatoms. The monoisotopic (exact) mass is 343 g/mol. The molecule has 0 N–H and O–H groups in total. The highest BCUT2D eigenvalue weighted by molar-refractivity contribution is 7.26. The molecule has 0 saturated heterocycles. The summed E-state index contributed by atoms with van der Waals surface area (Å²) in [6.07, 6.45) is 0. The Balaban J connectivity index is 1.98. The number of benzene rings is 3. The number of hydrogen-bond acceptors (Lipinski definition) is 1. The molecular formula is C22H19N2S+. The van der Waals surface area contributed by atoms with Gasteiger partial charge >= 0.3 is 0 Å². The topological polar surface area (TPSA) is 8.81 Å². The Morgan fingerprint density at radius 3 is 2.48 bits per heavy atom. The fraction of sp³-hybridized carbons (Fsp3) is 0.136. The minimum absolute atomic E-state index is 1.26. The summed E-state index contributed by atoms with van der Waals surface area (Å²) in [5, 5.41) is 2.71. The minimum Gasteiger partial charge on any atom is -0.226 e. The van der Waals surface area contributed by atoms with E-state index in [2.05, 4.69) is 90.8 Å². The summed E-state index contributed by atoms with van der Waals surface area (Å²) in [6.45, 7) is 2.22. The van der Waals surface area contributed by atoms with Crippen LogP contribution in [0.2, 0.25) is 0 Å². The first-order chi connectivity index (χ1) is 12.2. The molecule has 0 amide bonds. The Morgan fingerprint density at radius 1 is 0.880 bits per heavy atom. The van der Waals surface area contributed by atoms with Crippen molar-refractivity contribution < 1.29 is 4.57 Å². The molecule has 0 bridgehead atoms. The van der Waals surface area contributed by atoms with E-state index in [4.69, 9.17) is 0 Å². The van der Waals surface area contributed by atoms with Gasteiger partial charge in [-0.25, -0.2) is 9.13 Å². The van der Waals surface area contributed by atoms with E-state index in [0.717, 1.165) is 0 Å². The molecule has 5 rings (SSSR count). The van der Waals surface area contributed by atoms with Crippen LogP contribution in [0.25, 0.3) is 42.6 Å². The highest BCUT2D eigenvalue weighted by Crippen LogP contribution is 2.41. The first-order valence-corrected chi connectivity index (χ1v) is 9.33. The van der Waals surface area contributed by atoms with Crippen LogP contribution in [-0.2, 0) is 14.1 Å². The lowest BCUT2D eigenvalue weighted by Gasteiger charge is -2.05. The van der Waals surface area contributed by atoms with Crippen LogP contribution in [0.15, 0.2) is 60.7 Å². The van der Waals surface area contributed by atoms with E-state index in [0.29, 0.717) is 0 Å². The highest BCUT2D eigenvalue weighted by atomic mass is 32.1. The second-order valence-corrected chi connectivity index (χ2v) is 7.71. The number of rotatable bonds is 1. The molecule has 0 fully saturated rings. The van der Waals surface area contributed by atoms with E-state index in [1.54, 1.807) is 0 Å². The average molecular weight is 343 g/mol. The summed E-state index contributed by atoms with van der Waals surface area (Å²) in [5.74, 6) is 1.26. The van der Waals surface area contributed by atoms with Crippen molar-refractivity contribution >= 4 is 42.5 Å². The number of hydrogen-bond donors (Lipinski definition) is 0. The van der Waals surface area contributed by atoms with Gasteiger partial charge in [0.1, 0.15) is 0 Å². The van der Waals surface area contributed by atoms with Gasteiger partial charge in [0.15, 0.2) is 11.0 Å².